The first kappa shape index (κ1) is 15.9. The van der Waals surface area contributed by atoms with Gasteiger partial charge in [-0.3, -0.25) is 0 Å². The van der Waals surface area contributed by atoms with E-state index in [0.29, 0.717) is 10.6 Å². The van der Waals surface area contributed by atoms with Crippen molar-refractivity contribution in [3.8, 4) is 5.75 Å². The highest BCUT2D eigenvalue weighted by molar-refractivity contribution is 6.35. The summed E-state index contributed by atoms with van der Waals surface area (Å²) in [7, 11) is 1.63. The molecule has 2 aromatic rings. The van der Waals surface area contributed by atoms with Crippen LogP contribution in [0.4, 0.5) is 10.1 Å². The third-order valence-electron chi connectivity index (χ3n) is 3.31. The monoisotopic (exact) mass is 327 g/mol. The van der Waals surface area contributed by atoms with Gasteiger partial charge >= 0.3 is 0 Å². The lowest BCUT2D eigenvalue weighted by atomic mass is 10.1. The zero-order chi connectivity index (χ0) is 15.6. The quantitative estimate of drug-likeness (QED) is 0.735. The van der Waals surface area contributed by atoms with Crippen LogP contribution < -0.4 is 10.1 Å². The Morgan fingerprint density at radius 3 is 2.48 bits per heavy atom. The number of hydrogen-bond donors (Lipinski definition) is 1. The van der Waals surface area contributed by atoms with E-state index in [1.165, 1.54) is 12.1 Å². The van der Waals surface area contributed by atoms with Crippen LogP contribution in [0, 0.1) is 12.7 Å². The number of hydrogen-bond acceptors (Lipinski definition) is 2. The Morgan fingerprint density at radius 2 is 1.86 bits per heavy atom. The molecule has 0 aromatic heterocycles. The zero-order valence-electron chi connectivity index (χ0n) is 12.0. The van der Waals surface area contributed by atoms with Crippen molar-refractivity contribution >= 4 is 28.9 Å². The van der Waals surface area contributed by atoms with Crippen LogP contribution in [-0.4, -0.2) is 7.11 Å². The van der Waals surface area contributed by atoms with Gasteiger partial charge in [0, 0.05) is 10.7 Å². The molecule has 2 aromatic carbocycles. The van der Waals surface area contributed by atoms with E-state index in [-0.39, 0.29) is 11.1 Å². The normalized spacial score (nSPS) is 12.1. The topological polar surface area (TPSA) is 21.3 Å². The van der Waals surface area contributed by atoms with Gasteiger partial charge in [-0.15, -0.1) is 0 Å². The minimum absolute atomic E-state index is 0.0246. The molecule has 21 heavy (non-hydrogen) atoms. The summed E-state index contributed by atoms with van der Waals surface area (Å²) in [6.45, 7) is 3.89. The molecule has 0 aliphatic rings. The minimum Gasteiger partial charge on any atom is -0.497 e. The lowest BCUT2D eigenvalue weighted by molar-refractivity contribution is 0.414. The van der Waals surface area contributed by atoms with Crippen molar-refractivity contribution in [1.29, 1.82) is 0 Å². The Balaban J connectivity index is 2.26. The van der Waals surface area contributed by atoms with Crippen molar-refractivity contribution in [1.82, 2.24) is 0 Å². The first-order valence-corrected chi connectivity index (χ1v) is 7.23. The number of aryl methyl sites for hydroxylation is 1. The fourth-order valence-electron chi connectivity index (χ4n) is 2.11. The number of ether oxygens (including phenoxy) is 1. The van der Waals surface area contributed by atoms with Crippen LogP contribution in [0.25, 0.3) is 0 Å². The Labute approximate surface area is 133 Å². The number of methoxy groups -OCH3 is 1. The highest BCUT2D eigenvalue weighted by atomic mass is 35.5. The highest BCUT2D eigenvalue weighted by Crippen LogP contribution is 2.31. The van der Waals surface area contributed by atoms with Gasteiger partial charge < -0.3 is 10.1 Å². The molecule has 112 valence electrons. The summed E-state index contributed by atoms with van der Waals surface area (Å²) in [5.74, 6) is 0.317. The molecule has 0 bridgehead atoms. The van der Waals surface area contributed by atoms with Gasteiger partial charge in [0.25, 0.3) is 0 Å². The van der Waals surface area contributed by atoms with Crippen LogP contribution in [0.2, 0.25) is 10.0 Å². The SMILES string of the molecule is COc1ccc(NC(C)c2cc(F)c(Cl)cc2Cl)c(C)c1. The first-order valence-electron chi connectivity index (χ1n) is 6.48. The second-order valence-electron chi connectivity index (χ2n) is 4.83. The Bertz CT molecular complexity index is 661. The fraction of sp³-hybridized carbons (Fsp3) is 0.250. The van der Waals surface area contributed by atoms with E-state index in [2.05, 4.69) is 5.32 Å². The number of nitrogens with one attached hydrogen (secondary N) is 1. The van der Waals surface area contributed by atoms with Crippen molar-refractivity contribution in [2.75, 3.05) is 12.4 Å². The van der Waals surface area contributed by atoms with Crippen molar-refractivity contribution in [2.45, 2.75) is 19.9 Å². The van der Waals surface area contributed by atoms with Gasteiger partial charge in [-0.25, -0.2) is 4.39 Å². The van der Waals surface area contributed by atoms with E-state index in [1.54, 1.807) is 7.11 Å². The van der Waals surface area contributed by atoms with E-state index >= 15 is 0 Å². The minimum atomic E-state index is -0.476. The molecule has 0 spiro atoms. The Morgan fingerprint density at radius 1 is 1.14 bits per heavy atom. The largest absolute Gasteiger partial charge is 0.497 e. The molecule has 0 fully saturated rings. The molecule has 5 heteroatoms. The van der Waals surface area contributed by atoms with Crippen LogP contribution >= 0.6 is 23.2 Å². The maximum atomic E-state index is 13.6. The van der Waals surface area contributed by atoms with Crippen molar-refractivity contribution in [3.63, 3.8) is 0 Å². The van der Waals surface area contributed by atoms with Crippen LogP contribution in [-0.2, 0) is 0 Å². The van der Waals surface area contributed by atoms with Crippen molar-refractivity contribution < 1.29 is 9.13 Å². The molecule has 1 N–H and O–H groups in total. The van der Waals surface area contributed by atoms with Gasteiger partial charge in [0.2, 0.25) is 0 Å². The van der Waals surface area contributed by atoms with E-state index in [9.17, 15) is 4.39 Å². The van der Waals surface area contributed by atoms with E-state index in [1.807, 2.05) is 32.0 Å². The van der Waals surface area contributed by atoms with Gasteiger partial charge in [-0.05, 0) is 55.3 Å². The third-order valence-corrected chi connectivity index (χ3v) is 3.93. The average Bonchev–Trinajstić information content (AvgIpc) is 2.44. The highest BCUT2D eigenvalue weighted by Gasteiger charge is 2.14. The molecule has 2 nitrogen and oxygen atoms in total. The summed E-state index contributed by atoms with van der Waals surface area (Å²) in [4.78, 5) is 0. The predicted molar refractivity (Wildman–Crippen MR) is 86.2 cm³/mol. The molecule has 0 heterocycles. The third kappa shape index (κ3) is 3.60. The van der Waals surface area contributed by atoms with Gasteiger partial charge in [0.15, 0.2) is 0 Å². The molecule has 2 rings (SSSR count). The average molecular weight is 328 g/mol. The molecule has 0 aliphatic carbocycles. The second kappa shape index (κ2) is 6.54. The summed E-state index contributed by atoms with van der Waals surface area (Å²) >= 11 is 11.9. The number of rotatable bonds is 4. The van der Waals surface area contributed by atoms with E-state index in [4.69, 9.17) is 27.9 Å². The lowest BCUT2D eigenvalue weighted by Crippen LogP contribution is -2.09. The molecule has 1 unspecified atom stereocenters. The number of anilines is 1. The maximum absolute atomic E-state index is 13.6. The van der Waals surface area contributed by atoms with Crippen LogP contribution in [0.15, 0.2) is 30.3 Å². The van der Waals surface area contributed by atoms with Gasteiger partial charge in [-0.1, -0.05) is 23.2 Å². The number of halogens is 3. The fourth-order valence-corrected chi connectivity index (χ4v) is 2.65. The summed E-state index contributed by atoms with van der Waals surface area (Å²) < 4.78 is 18.8. The maximum Gasteiger partial charge on any atom is 0.142 e. The molecule has 0 saturated heterocycles. The summed E-state index contributed by atoms with van der Waals surface area (Å²) in [5, 5.41) is 3.78. The molecule has 0 saturated carbocycles. The second-order valence-corrected chi connectivity index (χ2v) is 5.65. The molecule has 0 amide bonds. The molecular formula is C16H16Cl2FNO. The standard InChI is InChI=1S/C16H16Cl2FNO/c1-9-6-11(21-3)4-5-16(9)20-10(2)12-7-15(19)14(18)8-13(12)17/h4-8,10,20H,1-3H3. The van der Waals surface area contributed by atoms with Gasteiger partial charge in [0.1, 0.15) is 11.6 Å². The first-order chi connectivity index (χ1) is 9.92. The molecule has 1 atom stereocenters. The van der Waals surface area contributed by atoms with Crippen molar-refractivity contribution in [2.24, 2.45) is 0 Å². The number of benzene rings is 2. The van der Waals surface area contributed by atoms with E-state index < -0.39 is 5.82 Å². The zero-order valence-corrected chi connectivity index (χ0v) is 13.5. The lowest BCUT2D eigenvalue weighted by Gasteiger charge is -2.19. The van der Waals surface area contributed by atoms with Gasteiger partial charge in [-0.2, -0.15) is 0 Å². The molecule has 0 radical (unpaired) electrons. The summed E-state index contributed by atoms with van der Waals surface area (Å²) in [6.07, 6.45) is 0. The molecule has 0 aliphatic heterocycles. The Kier molecular flexibility index (Phi) is 4.96. The van der Waals surface area contributed by atoms with Crippen LogP contribution in [0.5, 0.6) is 5.75 Å². The van der Waals surface area contributed by atoms with Crippen LogP contribution in [0.3, 0.4) is 0 Å². The Hall–Kier alpha value is -1.45. The van der Waals surface area contributed by atoms with Gasteiger partial charge in [0.05, 0.1) is 18.2 Å². The summed E-state index contributed by atoms with van der Waals surface area (Å²) in [6, 6.07) is 8.35. The van der Waals surface area contributed by atoms with E-state index in [0.717, 1.165) is 17.0 Å². The molecular weight excluding hydrogens is 312 g/mol. The summed E-state index contributed by atoms with van der Waals surface area (Å²) in [5.41, 5.74) is 2.63. The smallest absolute Gasteiger partial charge is 0.142 e. The van der Waals surface area contributed by atoms with Crippen LogP contribution in [0.1, 0.15) is 24.1 Å². The predicted octanol–water partition coefficient (Wildman–Crippen LogP) is 5.62. The van der Waals surface area contributed by atoms with Crippen molar-refractivity contribution in [3.05, 3.63) is 57.3 Å².